The van der Waals surface area contributed by atoms with E-state index in [4.69, 9.17) is 9.15 Å². The Kier molecular flexibility index (Phi) is 5.37. The van der Waals surface area contributed by atoms with Crippen LogP contribution in [0.1, 0.15) is 26.5 Å². The molecule has 0 aliphatic rings. The third-order valence-electron chi connectivity index (χ3n) is 4.67. The average Bonchev–Trinajstić information content (AvgIpc) is 3.12. The fraction of sp³-hybridized carbons (Fsp3) is 0.174. The van der Waals surface area contributed by atoms with E-state index in [0.29, 0.717) is 15.7 Å². The van der Waals surface area contributed by atoms with Crippen molar-refractivity contribution >= 4 is 33.4 Å². The van der Waals surface area contributed by atoms with Gasteiger partial charge in [-0.25, -0.2) is 9.78 Å². The zero-order valence-corrected chi connectivity index (χ0v) is 18.0. The van der Waals surface area contributed by atoms with E-state index in [2.05, 4.69) is 15.5 Å². The third-order valence-corrected chi connectivity index (χ3v) is 5.72. The van der Waals surface area contributed by atoms with Gasteiger partial charge in [0.25, 0.3) is 0 Å². The van der Waals surface area contributed by atoms with Gasteiger partial charge >= 0.3 is 5.97 Å². The lowest BCUT2D eigenvalue weighted by Gasteiger charge is -2.06. The molecule has 0 aliphatic heterocycles. The predicted octanol–water partition coefficient (Wildman–Crippen LogP) is 5.20. The summed E-state index contributed by atoms with van der Waals surface area (Å²) in [6.45, 7) is 5.84. The van der Waals surface area contributed by atoms with Crippen molar-refractivity contribution in [2.45, 2.75) is 20.8 Å². The zero-order valence-electron chi connectivity index (χ0n) is 17.1. The van der Waals surface area contributed by atoms with Crippen molar-refractivity contribution in [2.75, 3.05) is 12.5 Å². The number of aromatic nitrogens is 1. The van der Waals surface area contributed by atoms with Gasteiger partial charge in [-0.1, -0.05) is 52.8 Å². The highest BCUT2D eigenvalue weighted by atomic mass is 32.1. The fourth-order valence-corrected chi connectivity index (χ4v) is 3.90. The first-order valence-electron chi connectivity index (χ1n) is 9.41. The van der Waals surface area contributed by atoms with Crippen molar-refractivity contribution in [3.8, 4) is 11.3 Å². The van der Waals surface area contributed by atoms with Crippen LogP contribution in [0.2, 0.25) is 0 Å². The summed E-state index contributed by atoms with van der Waals surface area (Å²) >= 11 is 1.21. The monoisotopic (exact) mass is 419 g/mol. The Labute approximate surface area is 177 Å². The summed E-state index contributed by atoms with van der Waals surface area (Å²) in [6.07, 6.45) is 0. The van der Waals surface area contributed by atoms with Crippen molar-refractivity contribution in [2.24, 2.45) is 5.10 Å². The molecule has 0 radical (unpaired) electrons. The van der Waals surface area contributed by atoms with Crippen LogP contribution < -0.4 is 10.8 Å². The van der Waals surface area contributed by atoms with Crippen LogP contribution in [-0.4, -0.2) is 18.1 Å². The molecule has 0 saturated carbocycles. The lowest BCUT2D eigenvalue weighted by atomic mass is 10.1. The molecule has 0 atom stereocenters. The molecule has 0 saturated heterocycles. The average molecular weight is 420 g/mol. The van der Waals surface area contributed by atoms with Gasteiger partial charge in [-0.05, 0) is 32.9 Å². The standard InChI is InChI=1S/C23H21N3O3S/c1-13-5-8-16(9-6-13)20-12-18(17-11-14(2)7-10-19(17)29-20)25-26-23-24-15(3)21(30-23)22(27)28-4/h5-12H,1-4H3,(H,24,26)/b25-18+. The van der Waals surface area contributed by atoms with Crippen LogP contribution in [0.25, 0.3) is 22.3 Å². The number of anilines is 1. The number of carbonyl (C=O) groups is 1. The quantitative estimate of drug-likeness (QED) is 0.364. The summed E-state index contributed by atoms with van der Waals surface area (Å²) in [5.74, 6) is 0.316. The number of hydrogen-bond acceptors (Lipinski definition) is 7. The van der Waals surface area contributed by atoms with Crippen molar-refractivity contribution in [3.63, 3.8) is 0 Å². The number of benzene rings is 2. The molecule has 6 nitrogen and oxygen atoms in total. The molecule has 30 heavy (non-hydrogen) atoms. The first kappa shape index (κ1) is 19.8. The maximum Gasteiger partial charge on any atom is 0.350 e. The summed E-state index contributed by atoms with van der Waals surface area (Å²) in [5.41, 5.74) is 7.59. The molecule has 4 rings (SSSR count). The lowest BCUT2D eigenvalue weighted by Crippen LogP contribution is -2.07. The number of thiazole rings is 1. The van der Waals surface area contributed by atoms with Gasteiger partial charge in [0, 0.05) is 17.0 Å². The van der Waals surface area contributed by atoms with Gasteiger partial charge in [-0.3, -0.25) is 5.43 Å². The van der Waals surface area contributed by atoms with E-state index in [0.717, 1.165) is 33.2 Å². The first-order valence-corrected chi connectivity index (χ1v) is 10.2. The van der Waals surface area contributed by atoms with Crippen molar-refractivity contribution in [1.82, 2.24) is 4.98 Å². The molecule has 0 bridgehead atoms. The topological polar surface area (TPSA) is 76.7 Å². The number of esters is 1. The van der Waals surface area contributed by atoms with Gasteiger partial charge in [0.15, 0.2) is 0 Å². The molecule has 0 unspecified atom stereocenters. The number of rotatable bonds is 4. The number of carbonyl (C=O) groups excluding carboxylic acids is 1. The molecule has 2 aromatic carbocycles. The van der Waals surface area contributed by atoms with E-state index >= 15 is 0 Å². The minimum atomic E-state index is -0.403. The Morgan fingerprint density at radius 2 is 1.80 bits per heavy atom. The zero-order chi connectivity index (χ0) is 21.3. The van der Waals surface area contributed by atoms with Gasteiger partial charge in [-0.15, -0.1) is 0 Å². The molecule has 152 valence electrons. The Hall–Kier alpha value is -3.45. The molecule has 7 heteroatoms. The lowest BCUT2D eigenvalue weighted by molar-refractivity contribution is 0.0605. The second-order valence-corrected chi connectivity index (χ2v) is 8.01. The minimum Gasteiger partial charge on any atom is -0.465 e. The number of aryl methyl sites for hydroxylation is 3. The van der Waals surface area contributed by atoms with Gasteiger partial charge in [0.2, 0.25) is 5.13 Å². The van der Waals surface area contributed by atoms with E-state index in [1.807, 2.05) is 62.4 Å². The highest BCUT2D eigenvalue weighted by Gasteiger charge is 2.15. The fourth-order valence-electron chi connectivity index (χ4n) is 3.07. The maximum atomic E-state index is 11.8. The molecule has 4 aromatic rings. The molecule has 0 spiro atoms. The van der Waals surface area contributed by atoms with Crippen LogP contribution in [0.5, 0.6) is 0 Å². The highest BCUT2D eigenvalue weighted by molar-refractivity contribution is 7.17. The summed E-state index contributed by atoms with van der Waals surface area (Å²) in [7, 11) is 1.35. The molecule has 2 aromatic heterocycles. The van der Waals surface area contributed by atoms with E-state index in [1.165, 1.54) is 24.0 Å². The Balaban J connectivity index is 1.81. The third kappa shape index (κ3) is 3.97. The van der Waals surface area contributed by atoms with E-state index < -0.39 is 5.97 Å². The second-order valence-electron chi connectivity index (χ2n) is 7.01. The Morgan fingerprint density at radius 1 is 1.07 bits per heavy atom. The van der Waals surface area contributed by atoms with Crippen molar-refractivity contribution < 1.29 is 13.9 Å². The van der Waals surface area contributed by atoms with Crippen LogP contribution in [0.4, 0.5) is 5.13 Å². The maximum absolute atomic E-state index is 11.8. The smallest absolute Gasteiger partial charge is 0.350 e. The Morgan fingerprint density at radius 3 is 2.53 bits per heavy atom. The van der Waals surface area contributed by atoms with Crippen LogP contribution >= 0.6 is 11.3 Å². The van der Waals surface area contributed by atoms with Crippen LogP contribution in [0.15, 0.2) is 58.0 Å². The molecule has 0 amide bonds. The number of nitrogens with one attached hydrogen (secondary N) is 1. The first-order chi connectivity index (χ1) is 14.4. The molecular weight excluding hydrogens is 398 g/mol. The van der Waals surface area contributed by atoms with Crippen LogP contribution in [-0.2, 0) is 4.74 Å². The van der Waals surface area contributed by atoms with Crippen LogP contribution in [0.3, 0.4) is 0 Å². The molecule has 1 N–H and O–H groups in total. The molecule has 0 fully saturated rings. The van der Waals surface area contributed by atoms with Crippen molar-refractivity contribution in [3.05, 3.63) is 75.6 Å². The van der Waals surface area contributed by atoms with Gasteiger partial charge < -0.3 is 9.15 Å². The Bertz CT molecular complexity index is 1300. The number of methoxy groups -OCH3 is 1. The van der Waals surface area contributed by atoms with E-state index in [9.17, 15) is 4.79 Å². The number of hydrogen-bond donors (Lipinski definition) is 1. The van der Waals surface area contributed by atoms with Gasteiger partial charge in [-0.2, -0.15) is 5.10 Å². The second kappa shape index (κ2) is 8.12. The van der Waals surface area contributed by atoms with Crippen LogP contribution in [0, 0.1) is 20.8 Å². The SMILES string of the molecule is COC(=O)c1sc(N/N=c2\cc(-c3ccc(C)cc3)oc3ccc(C)cc23)nc1C. The van der Waals surface area contributed by atoms with Gasteiger partial charge in [0.05, 0.1) is 18.2 Å². The number of ether oxygens (including phenoxy) is 1. The van der Waals surface area contributed by atoms with E-state index in [1.54, 1.807) is 6.92 Å². The summed E-state index contributed by atoms with van der Waals surface area (Å²) in [4.78, 5) is 16.7. The molecular formula is C23H21N3O3S. The number of fused-ring (bicyclic) bond motifs is 1. The molecule has 0 aliphatic carbocycles. The largest absolute Gasteiger partial charge is 0.465 e. The van der Waals surface area contributed by atoms with Gasteiger partial charge in [0.1, 0.15) is 16.2 Å². The normalized spacial score (nSPS) is 11.7. The highest BCUT2D eigenvalue weighted by Crippen LogP contribution is 2.25. The molecule has 2 heterocycles. The van der Waals surface area contributed by atoms with E-state index in [-0.39, 0.29) is 0 Å². The summed E-state index contributed by atoms with van der Waals surface area (Å²) in [5, 5.41) is 6.71. The summed E-state index contributed by atoms with van der Waals surface area (Å²) in [6, 6.07) is 16.0. The minimum absolute atomic E-state index is 0.403. The summed E-state index contributed by atoms with van der Waals surface area (Å²) < 4.78 is 10.9. The predicted molar refractivity (Wildman–Crippen MR) is 119 cm³/mol. The number of nitrogens with zero attached hydrogens (tertiary/aromatic N) is 2. The van der Waals surface area contributed by atoms with Crippen molar-refractivity contribution in [1.29, 1.82) is 0 Å².